The smallest absolute Gasteiger partial charge is 0.335 e. The number of aromatic carboxylic acids is 1. The Morgan fingerprint density at radius 1 is 1.09 bits per heavy atom. The average molecular weight is 492 g/mol. The number of rotatable bonds is 6. The van der Waals surface area contributed by atoms with E-state index in [0.717, 1.165) is 19.5 Å². The molecule has 2 heterocycles. The SMILES string of the molecule is O=C(O)c1ccc(CSc2nc3ccc(N4C(=O)c5cccc([N+](=O)[O-])c5C4=O)cc3s2)cc1. The van der Waals surface area contributed by atoms with Gasteiger partial charge in [-0.3, -0.25) is 19.7 Å². The van der Waals surface area contributed by atoms with Crippen LogP contribution in [0, 0.1) is 10.1 Å². The lowest BCUT2D eigenvalue weighted by Gasteiger charge is -2.13. The van der Waals surface area contributed by atoms with Crippen molar-refractivity contribution in [2.75, 3.05) is 4.90 Å². The summed E-state index contributed by atoms with van der Waals surface area (Å²) in [6.07, 6.45) is 0. The molecule has 0 aliphatic carbocycles. The molecule has 0 fully saturated rings. The molecule has 0 atom stereocenters. The molecule has 1 aliphatic heterocycles. The molecule has 0 saturated carbocycles. The molecule has 3 aromatic carbocycles. The molecule has 11 heteroatoms. The summed E-state index contributed by atoms with van der Waals surface area (Å²) in [6, 6.07) is 15.6. The number of fused-ring (bicyclic) bond motifs is 2. The number of carboxylic acids is 1. The normalized spacial score (nSPS) is 12.9. The second-order valence-corrected chi connectivity index (χ2v) is 9.58. The standard InChI is InChI=1S/C23H13N3O6S2/c27-20-15-2-1-3-17(26(31)32)19(15)21(28)25(20)14-8-9-16-18(10-14)34-23(24-16)33-11-12-4-6-13(7-5-12)22(29)30/h1-10H,11H2,(H,29,30). The Hall–Kier alpha value is -4.09. The van der Waals surface area contributed by atoms with Crippen LogP contribution in [-0.4, -0.2) is 32.8 Å². The predicted octanol–water partition coefficient (Wildman–Crippen LogP) is 5.00. The first-order valence-corrected chi connectivity index (χ1v) is 11.7. The number of carbonyl (C=O) groups excluding carboxylic acids is 2. The summed E-state index contributed by atoms with van der Waals surface area (Å²) in [5.74, 6) is -1.72. The summed E-state index contributed by atoms with van der Waals surface area (Å²) in [7, 11) is 0. The highest BCUT2D eigenvalue weighted by atomic mass is 32.2. The highest BCUT2D eigenvalue weighted by molar-refractivity contribution is 8.00. The van der Waals surface area contributed by atoms with Crippen LogP contribution in [0.5, 0.6) is 0 Å². The number of thiazole rings is 1. The fraction of sp³-hybridized carbons (Fsp3) is 0.0435. The molecular formula is C23H13N3O6S2. The number of hydrogen-bond acceptors (Lipinski definition) is 8. The number of hydrogen-bond donors (Lipinski definition) is 1. The van der Waals surface area contributed by atoms with Gasteiger partial charge in [0.25, 0.3) is 17.5 Å². The Balaban J connectivity index is 1.39. The van der Waals surface area contributed by atoms with Gasteiger partial charge in [-0.1, -0.05) is 30.0 Å². The average Bonchev–Trinajstić information content (AvgIpc) is 3.35. The molecule has 34 heavy (non-hydrogen) atoms. The van der Waals surface area contributed by atoms with Crippen LogP contribution in [0.2, 0.25) is 0 Å². The zero-order valence-corrected chi connectivity index (χ0v) is 18.8. The van der Waals surface area contributed by atoms with Crippen LogP contribution in [0.3, 0.4) is 0 Å². The number of nitrogens with zero attached hydrogens (tertiary/aromatic N) is 3. The Morgan fingerprint density at radius 2 is 1.85 bits per heavy atom. The summed E-state index contributed by atoms with van der Waals surface area (Å²) >= 11 is 2.88. The molecule has 5 rings (SSSR count). The van der Waals surface area contributed by atoms with Gasteiger partial charge in [-0.05, 0) is 42.0 Å². The number of carbonyl (C=O) groups is 3. The van der Waals surface area contributed by atoms with Crippen molar-refractivity contribution in [3.8, 4) is 0 Å². The Kier molecular flexibility index (Phi) is 5.34. The maximum absolute atomic E-state index is 12.9. The number of carboxylic acid groups (broad SMARTS) is 1. The lowest BCUT2D eigenvalue weighted by atomic mass is 10.1. The highest BCUT2D eigenvalue weighted by Gasteiger charge is 2.41. The van der Waals surface area contributed by atoms with Crippen LogP contribution >= 0.6 is 23.1 Å². The molecule has 168 valence electrons. The van der Waals surface area contributed by atoms with Crippen LogP contribution < -0.4 is 4.90 Å². The number of benzene rings is 3. The predicted molar refractivity (Wildman–Crippen MR) is 127 cm³/mol. The molecule has 0 radical (unpaired) electrons. The number of anilines is 1. The van der Waals surface area contributed by atoms with E-state index in [1.54, 1.807) is 42.5 Å². The van der Waals surface area contributed by atoms with Gasteiger partial charge in [-0.15, -0.1) is 11.3 Å². The monoisotopic (exact) mass is 491 g/mol. The van der Waals surface area contributed by atoms with Gasteiger partial charge in [-0.2, -0.15) is 0 Å². The van der Waals surface area contributed by atoms with E-state index in [9.17, 15) is 24.5 Å². The Morgan fingerprint density at radius 3 is 2.56 bits per heavy atom. The molecule has 0 bridgehead atoms. The third kappa shape index (κ3) is 3.70. The fourth-order valence-corrected chi connectivity index (χ4v) is 5.69. The van der Waals surface area contributed by atoms with Crippen LogP contribution in [0.15, 0.2) is 65.0 Å². The summed E-state index contributed by atoms with van der Waals surface area (Å²) in [5.41, 5.74) is 1.59. The molecule has 0 spiro atoms. The van der Waals surface area contributed by atoms with Gasteiger partial charge in [0.05, 0.1) is 32.0 Å². The zero-order valence-electron chi connectivity index (χ0n) is 17.1. The molecule has 4 aromatic rings. The Labute approximate surface area is 199 Å². The zero-order chi connectivity index (χ0) is 24.0. The molecular weight excluding hydrogens is 478 g/mol. The van der Waals surface area contributed by atoms with Crippen molar-refractivity contribution in [1.82, 2.24) is 4.98 Å². The van der Waals surface area contributed by atoms with E-state index in [1.807, 2.05) is 0 Å². The largest absolute Gasteiger partial charge is 0.478 e. The van der Waals surface area contributed by atoms with Gasteiger partial charge < -0.3 is 5.11 Å². The maximum Gasteiger partial charge on any atom is 0.335 e. The molecule has 1 aromatic heterocycles. The van der Waals surface area contributed by atoms with E-state index in [-0.39, 0.29) is 16.7 Å². The van der Waals surface area contributed by atoms with Crippen LogP contribution in [0.1, 0.15) is 36.6 Å². The van der Waals surface area contributed by atoms with E-state index >= 15 is 0 Å². The number of aromatic nitrogens is 1. The minimum Gasteiger partial charge on any atom is -0.478 e. The van der Waals surface area contributed by atoms with Crippen molar-refractivity contribution in [1.29, 1.82) is 0 Å². The number of thioether (sulfide) groups is 1. The molecule has 0 saturated heterocycles. The highest BCUT2D eigenvalue weighted by Crippen LogP contribution is 2.37. The third-order valence-corrected chi connectivity index (χ3v) is 7.50. The fourth-order valence-electron chi connectivity index (χ4n) is 3.64. The van der Waals surface area contributed by atoms with E-state index in [4.69, 9.17) is 5.11 Å². The van der Waals surface area contributed by atoms with Gasteiger partial charge >= 0.3 is 5.97 Å². The molecule has 9 nitrogen and oxygen atoms in total. The van der Waals surface area contributed by atoms with Gasteiger partial charge in [0.15, 0.2) is 4.34 Å². The van der Waals surface area contributed by atoms with Crippen molar-refractivity contribution < 1.29 is 24.4 Å². The first-order valence-electron chi connectivity index (χ1n) is 9.85. The quantitative estimate of drug-likeness (QED) is 0.173. The third-order valence-electron chi connectivity index (χ3n) is 5.26. The van der Waals surface area contributed by atoms with Crippen molar-refractivity contribution >= 4 is 62.5 Å². The van der Waals surface area contributed by atoms with Gasteiger partial charge in [-0.25, -0.2) is 14.7 Å². The van der Waals surface area contributed by atoms with Crippen molar-refractivity contribution in [2.45, 2.75) is 10.1 Å². The first kappa shape index (κ1) is 21.7. The summed E-state index contributed by atoms with van der Waals surface area (Å²) in [5, 5.41) is 20.3. The molecule has 0 unspecified atom stereocenters. The van der Waals surface area contributed by atoms with Crippen molar-refractivity contribution in [3.05, 3.63) is 93.0 Å². The van der Waals surface area contributed by atoms with Gasteiger partial charge in [0.1, 0.15) is 5.56 Å². The molecule has 2 amide bonds. The lowest BCUT2D eigenvalue weighted by Crippen LogP contribution is -2.29. The van der Waals surface area contributed by atoms with E-state index in [0.29, 0.717) is 17.0 Å². The molecule has 1 N–H and O–H groups in total. The van der Waals surface area contributed by atoms with Crippen LogP contribution in [0.4, 0.5) is 11.4 Å². The Bertz CT molecular complexity index is 1510. The number of amides is 2. The van der Waals surface area contributed by atoms with Crippen LogP contribution in [0.25, 0.3) is 10.2 Å². The van der Waals surface area contributed by atoms with E-state index < -0.39 is 28.4 Å². The van der Waals surface area contributed by atoms with Crippen molar-refractivity contribution in [3.63, 3.8) is 0 Å². The summed E-state index contributed by atoms with van der Waals surface area (Å²) < 4.78 is 1.53. The number of nitro groups is 1. The lowest BCUT2D eigenvalue weighted by molar-refractivity contribution is -0.385. The second kappa shape index (κ2) is 8.36. The van der Waals surface area contributed by atoms with E-state index in [2.05, 4.69) is 4.98 Å². The maximum atomic E-state index is 12.9. The summed E-state index contributed by atoms with van der Waals surface area (Å²) in [6.45, 7) is 0. The van der Waals surface area contributed by atoms with E-state index in [1.165, 1.54) is 41.3 Å². The van der Waals surface area contributed by atoms with Gasteiger partial charge in [0, 0.05) is 11.8 Å². The number of imide groups is 1. The first-order chi connectivity index (χ1) is 16.3. The minimum atomic E-state index is -0.978. The summed E-state index contributed by atoms with van der Waals surface area (Å²) in [4.78, 5) is 53.0. The second-order valence-electron chi connectivity index (χ2n) is 7.33. The van der Waals surface area contributed by atoms with Crippen molar-refractivity contribution in [2.24, 2.45) is 0 Å². The van der Waals surface area contributed by atoms with Crippen LogP contribution in [-0.2, 0) is 5.75 Å². The van der Waals surface area contributed by atoms with Gasteiger partial charge in [0.2, 0.25) is 0 Å². The molecule has 1 aliphatic rings. The minimum absolute atomic E-state index is 0.00811. The number of nitro benzene ring substituents is 1. The topological polar surface area (TPSA) is 131 Å².